The summed E-state index contributed by atoms with van der Waals surface area (Å²) in [5.41, 5.74) is 8.08. The molecule has 2 N–H and O–H groups in total. The Bertz CT molecular complexity index is 577. The third-order valence-electron chi connectivity index (χ3n) is 2.77. The maximum absolute atomic E-state index is 12.1. The van der Waals surface area contributed by atoms with Crippen molar-refractivity contribution in [1.29, 1.82) is 0 Å². The average molecular weight is 260 g/mol. The molecule has 0 unspecified atom stereocenters. The first-order valence-electron chi connectivity index (χ1n) is 6.11. The second kappa shape index (κ2) is 5.56. The molecule has 0 aliphatic rings. The van der Waals surface area contributed by atoms with Gasteiger partial charge in [-0.15, -0.1) is 0 Å². The molecule has 5 heteroatoms. The number of carbonyl (C=O) groups is 1. The molecule has 2 aromatic rings. The number of oxazole rings is 1. The highest BCUT2D eigenvalue weighted by Gasteiger charge is 2.21. The zero-order valence-corrected chi connectivity index (χ0v) is 11.0. The van der Waals surface area contributed by atoms with Gasteiger partial charge in [0.25, 0.3) is 0 Å². The molecule has 0 bridgehead atoms. The number of nitrogen functional groups attached to an aromatic ring is 1. The van der Waals surface area contributed by atoms with Gasteiger partial charge in [-0.1, -0.05) is 13.0 Å². The number of anilines is 1. The van der Waals surface area contributed by atoms with Crippen LogP contribution in [-0.4, -0.2) is 17.6 Å². The summed E-state index contributed by atoms with van der Waals surface area (Å²) in [6.45, 7) is 4.13. The molecule has 0 fully saturated rings. The Hall–Kier alpha value is -2.30. The van der Waals surface area contributed by atoms with Gasteiger partial charge in [0.1, 0.15) is 6.26 Å². The fraction of sp³-hybridized carbons (Fsp3) is 0.286. The molecule has 0 atom stereocenters. The number of benzene rings is 1. The van der Waals surface area contributed by atoms with E-state index in [-0.39, 0.29) is 0 Å². The van der Waals surface area contributed by atoms with Crippen molar-refractivity contribution in [3.63, 3.8) is 0 Å². The van der Waals surface area contributed by atoms with Crippen LogP contribution in [0.5, 0.6) is 0 Å². The molecule has 2 rings (SSSR count). The van der Waals surface area contributed by atoms with Crippen LogP contribution in [0.2, 0.25) is 0 Å². The van der Waals surface area contributed by atoms with Gasteiger partial charge in [0.15, 0.2) is 0 Å². The molecule has 100 valence electrons. The fourth-order valence-electron chi connectivity index (χ4n) is 1.75. The van der Waals surface area contributed by atoms with Crippen molar-refractivity contribution in [2.75, 3.05) is 12.3 Å². The summed E-state index contributed by atoms with van der Waals surface area (Å²) in [7, 11) is 0. The number of esters is 1. The zero-order valence-electron chi connectivity index (χ0n) is 11.0. The zero-order chi connectivity index (χ0) is 13.8. The maximum atomic E-state index is 12.1. The highest BCUT2D eigenvalue weighted by atomic mass is 16.5. The lowest BCUT2D eigenvalue weighted by molar-refractivity contribution is 0.0507. The Morgan fingerprint density at radius 1 is 1.47 bits per heavy atom. The number of aromatic nitrogens is 1. The number of aryl methyl sites for hydroxylation is 1. The van der Waals surface area contributed by atoms with E-state index in [4.69, 9.17) is 14.9 Å². The van der Waals surface area contributed by atoms with Gasteiger partial charge in [-0.05, 0) is 25.0 Å². The molecule has 0 spiro atoms. The van der Waals surface area contributed by atoms with Crippen LogP contribution < -0.4 is 5.73 Å². The minimum Gasteiger partial charge on any atom is -0.462 e. The summed E-state index contributed by atoms with van der Waals surface area (Å²) in [6, 6.07) is 3.59. The van der Waals surface area contributed by atoms with E-state index in [1.165, 1.54) is 12.5 Å². The van der Waals surface area contributed by atoms with Crippen LogP contribution in [0.25, 0.3) is 11.5 Å². The number of hydrogen-bond acceptors (Lipinski definition) is 5. The minimum atomic E-state index is -0.448. The van der Waals surface area contributed by atoms with E-state index in [0.717, 1.165) is 12.0 Å². The fourth-order valence-corrected chi connectivity index (χ4v) is 1.75. The molecular formula is C14H16N2O3. The van der Waals surface area contributed by atoms with E-state index in [1.54, 1.807) is 6.07 Å². The van der Waals surface area contributed by atoms with Gasteiger partial charge < -0.3 is 14.9 Å². The third-order valence-corrected chi connectivity index (χ3v) is 2.77. The van der Waals surface area contributed by atoms with Crippen LogP contribution in [0, 0.1) is 6.92 Å². The molecule has 0 aliphatic carbocycles. The Morgan fingerprint density at radius 3 is 2.89 bits per heavy atom. The lowest BCUT2D eigenvalue weighted by Gasteiger charge is -2.11. The van der Waals surface area contributed by atoms with Gasteiger partial charge in [-0.25, -0.2) is 9.78 Å². The molecule has 0 aliphatic heterocycles. The summed E-state index contributed by atoms with van der Waals surface area (Å²) < 4.78 is 10.4. The number of nitrogens with two attached hydrogens (primary N) is 1. The van der Waals surface area contributed by atoms with Crippen molar-refractivity contribution in [3.05, 3.63) is 35.7 Å². The molecular weight excluding hydrogens is 244 g/mol. The highest BCUT2D eigenvalue weighted by Crippen LogP contribution is 2.29. The van der Waals surface area contributed by atoms with Crippen LogP contribution in [0.1, 0.15) is 29.3 Å². The summed E-state index contributed by atoms with van der Waals surface area (Å²) >= 11 is 0. The molecule has 0 saturated heterocycles. The monoisotopic (exact) mass is 260 g/mol. The van der Waals surface area contributed by atoms with E-state index < -0.39 is 5.97 Å². The molecule has 0 radical (unpaired) electrons. The van der Waals surface area contributed by atoms with Crippen molar-refractivity contribution in [2.24, 2.45) is 0 Å². The first-order valence-corrected chi connectivity index (χ1v) is 6.11. The molecule has 19 heavy (non-hydrogen) atoms. The normalized spacial score (nSPS) is 10.4. The Morgan fingerprint density at radius 2 is 2.26 bits per heavy atom. The van der Waals surface area contributed by atoms with Gasteiger partial charge in [0.05, 0.1) is 23.9 Å². The second-order valence-corrected chi connectivity index (χ2v) is 4.19. The van der Waals surface area contributed by atoms with Crippen LogP contribution in [0.3, 0.4) is 0 Å². The van der Waals surface area contributed by atoms with Gasteiger partial charge in [0, 0.05) is 5.69 Å². The largest absolute Gasteiger partial charge is 0.462 e. The van der Waals surface area contributed by atoms with Crippen molar-refractivity contribution in [2.45, 2.75) is 20.3 Å². The van der Waals surface area contributed by atoms with Crippen LogP contribution in [-0.2, 0) is 4.74 Å². The summed E-state index contributed by atoms with van der Waals surface area (Å²) in [5.74, 6) is -0.0913. The summed E-state index contributed by atoms with van der Waals surface area (Å²) in [5, 5.41) is 0. The minimum absolute atomic E-state index is 0.316. The van der Waals surface area contributed by atoms with E-state index in [0.29, 0.717) is 29.3 Å². The van der Waals surface area contributed by atoms with Crippen molar-refractivity contribution >= 4 is 11.7 Å². The summed E-state index contributed by atoms with van der Waals surface area (Å²) in [6.07, 6.45) is 3.73. The molecule has 1 aromatic heterocycles. The SMILES string of the molecule is CCCOC(=O)c1c(-c2ncco2)ccc(C)c1N. The molecule has 5 nitrogen and oxygen atoms in total. The number of nitrogens with zero attached hydrogens (tertiary/aromatic N) is 1. The van der Waals surface area contributed by atoms with Crippen molar-refractivity contribution in [1.82, 2.24) is 4.98 Å². The lowest BCUT2D eigenvalue weighted by atomic mass is 10.0. The van der Waals surface area contributed by atoms with Gasteiger partial charge in [-0.2, -0.15) is 0 Å². The second-order valence-electron chi connectivity index (χ2n) is 4.19. The lowest BCUT2D eigenvalue weighted by Crippen LogP contribution is -2.11. The molecule has 1 aromatic carbocycles. The smallest absolute Gasteiger partial charge is 0.341 e. The Labute approximate surface area is 111 Å². The van der Waals surface area contributed by atoms with Gasteiger partial charge in [0.2, 0.25) is 5.89 Å². The third kappa shape index (κ3) is 2.59. The number of carbonyl (C=O) groups excluding carboxylic acids is 1. The predicted octanol–water partition coefficient (Wildman–Crippen LogP) is 2.80. The van der Waals surface area contributed by atoms with Crippen molar-refractivity contribution in [3.8, 4) is 11.5 Å². The highest BCUT2D eigenvalue weighted by molar-refractivity contribution is 6.02. The van der Waals surface area contributed by atoms with Crippen LogP contribution >= 0.6 is 0 Å². The molecule has 0 amide bonds. The molecule has 1 heterocycles. The first-order chi connectivity index (χ1) is 9.15. The number of hydrogen-bond donors (Lipinski definition) is 1. The first kappa shape index (κ1) is 13.1. The van der Waals surface area contributed by atoms with Crippen molar-refractivity contribution < 1.29 is 13.9 Å². The van der Waals surface area contributed by atoms with Gasteiger partial charge >= 0.3 is 5.97 Å². The Kier molecular flexibility index (Phi) is 3.85. The predicted molar refractivity (Wildman–Crippen MR) is 71.7 cm³/mol. The van der Waals surface area contributed by atoms with Crippen LogP contribution in [0.4, 0.5) is 5.69 Å². The Balaban J connectivity index is 2.50. The van der Waals surface area contributed by atoms with E-state index in [9.17, 15) is 4.79 Å². The van der Waals surface area contributed by atoms with E-state index in [2.05, 4.69) is 4.98 Å². The van der Waals surface area contributed by atoms with Crippen LogP contribution in [0.15, 0.2) is 29.0 Å². The standard InChI is InChI=1S/C14H16N2O3/c1-3-7-19-14(17)11-10(13-16-6-8-18-13)5-4-9(2)12(11)15/h4-6,8H,3,7,15H2,1-2H3. The number of rotatable bonds is 4. The number of ether oxygens (including phenoxy) is 1. The van der Waals surface area contributed by atoms with E-state index >= 15 is 0 Å². The molecule has 0 saturated carbocycles. The van der Waals surface area contributed by atoms with Gasteiger partial charge in [-0.3, -0.25) is 0 Å². The summed E-state index contributed by atoms with van der Waals surface area (Å²) in [4.78, 5) is 16.2. The average Bonchev–Trinajstić information content (AvgIpc) is 2.92. The maximum Gasteiger partial charge on any atom is 0.341 e. The van der Waals surface area contributed by atoms with E-state index in [1.807, 2.05) is 19.9 Å². The quantitative estimate of drug-likeness (QED) is 0.675. The topological polar surface area (TPSA) is 78.3 Å².